The van der Waals surface area contributed by atoms with Crippen molar-refractivity contribution in [1.29, 1.82) is 0 Å². The molecule has 2 bridgehead atoms. The minimum absolute atomic E-state index is 0.104. The van der Waals surface area contributed by atoms with E-state index in [-0.39, 0.29) is 22.8 Å². The molecule has 32 heavy (non-hydrogen) atoms. The topological polar surface area (TPSA) is 115 Å². The number of unbranched alkanes of at least 4 members (excludes halogenated alkanes) is 1. The molecule has 0 radical (unpaired) electrons. The molecule has 1 amide bonds. The van der Waals surface area contributed by atoms with Gasteiger partial charge >= 0.3 is 5.97 Å². The van der Waals surface area contributed by atoms with Crippen molar-refractivity contribution in [1.82, 2.24) is 9.29 Å². The molecule has 4 rings (SSSR count). The summed E-state index contributed by atoms with van der Waals surface area (Å²) in [6.07, 6.45) is 9.08. The highest BCUT2D eigenvalue weighted by atomic mass is 32.2. The van der Waals surface area contributed by atoms with Crippen LogP contribution in [0.2, 0.25) is 0 Å². The van der Waals surface area contributed by atoms with Crippen molar-refractivity contribution in [2.75, 3.05) is 13.2 Å². The number of thiophene rings is 1. The number of carboxylic acids is 1. The SMILES string of the molecule is O=C(O)COCCCC[C@H]1[C@@H]2CC[C@@H](C2)[C@@H]1NC(=O)c1ccc(S(=O)(=O)n2cccc2)s1. The lowest BCUT2D eigenvalue weighted by Crippen LogP contribution is -2.43. The molecule has 2 aromatic rings. The van der Waals surface area contributed by atoms with Gasteiger partial charge in [0.15, 0.2) is 0 Å². The van der Waals surface area contributed by atoms with Gasteiger partial charge in [0, 0.05) is 25.0 Å². The fraction of sp³-hybridized carbons (Fsp3) is 0.545. The molecule has 0 aliphatic heterocycles. The fourth-order valence-electron chi connectivity index (χ4n) is 5.18. The standard InChI is InChI=1S/C22H28N2O6S2/c25-19(26)14-30-12-4-1-5-17-15-6-7-16(13-15)21(17)23-22(27)18-8-9-20(31-18)32(28,29)24-10-2-3-11-24/h2-3,8-11,15-17,21H,1,4-7,12-14H2,(H,23,27)(H,25,26)/t15-,16+,17+,21+/m1/s1. The molecule has 2 heterocycles. The summed E-state index contributed by atoms with van der Waals surface area (Å²) in [6, 6.07) is 6.47. The summed E-state index contributed by atoms with van der Waals surface area (Å²) < 4.78 is 31.7. The Morgan fingerprint density at radius 2 is 1.91 bits per heavy atom. The summed E-state index contributed by atoms with van der Waals surface area (Å²) in [5.74, 6) is 0.314. The molecular formula is C22H28N2O6S2. The van der Waals surface area contributed by atoms with Crippen molar-refractivity contribution in [3.8, 4) is 0 Å². The Kier molecular flexibility index (Phi) is 7.02. The largest absolute Gasteiger partial charge is 0.480 e. The van der Waals surface area contributed by atoms with Gasteiger partial charge < -0.3 is 15.2 Å². The molecule has 4 atom stereocenters. The maximum atomic E-state index is 13.0. The van der Waals surface area contributed by atoms with E-state index in [4.69, 9.17) is 9.84 Å². The summed E-state index contributed by atoms with van der Waals surface area (Å²) >= 11 is 0.995. The van der Waals surface area contributed by atoms with E-state index in [0.717, 1.165) is 47.4 Å². The number of hydrogen-bond acceptors (Lipinski definition) is 6. The first-order valence-electron chi connectivity index (χ1n) is 10.9. The van der Waals surface area contributed by atoms with Gasteiger partial charge in [-0.25, -0.2) is 8.77 Å². The normalized spacial score (nSPS) is 24.6. The van der Waals surface area contributed by atoms with Gasteiger partial charge in [-0.05, 0) is 74.1 Å². The predicted molar refractivity (Wildman–Crippen MR) is 119 cm³/mol. The quantitative estimate of drug-likeness (QED) is 0.477. The molecule has 174 valence electrons. The van der Waals surface area contributed by atoms with Crippen LogP contribution in [0.5, 0.6) is 0 Å². The first-order chi connectivity index (χ1) is 15.4. The van der Waals surface area contributed by atoms with Gasteiger partial charge in [0.25, 0.3) is 15.9 Å². The van der Waals surface area contributed by atoms with Crippen molar-refractivity contribution >= 4 is 33.2 Å². The first-order valence-corrected chi connectivity index (χ1v) is 13.2. The van der Waals surface area contributed by atoms with E-state index in [1.54, 1.807) is 18.2 Å². The highest BCUT2D eigenvalue weighted by Gasteiger charge is 2.47. The molecule has 2 saturated carbocycles. The first kappa shape index (κ1) is 23.0. The third kappa shape index (κ3) is 4.92. The van der Waals surface area contributed by atoms with Gasteiger partial charge in [0.05, 0.1) is 4.88 Å². The van der Waals surface area contributed by atoms with Crippen LogP contribution in [0.25, 0.3) is 0 Å². The van der Waals surface area contributed by atoms with Crippen LogP contribution in [-0.4, -0.2) is 48.6 Å². The van der Waals surface area contributed by atoms with Gasteiger partial charge in [-0.3, -0.25) is 4.79 Å². The van der Waals surface area contributed by atoms with Gasteiger partial charge in [-0.15, -0.1) is 11.3 Å². The van der Waals surface area contributed by atoms with Crippen molar-refractivity contribution in [2.45, 2.75) is 48.8 Å². The molecular weight excluding hydrogens is 452 g/mol. The smallest absolute Gasteiger partial charge is 0.329 e. The van der Waals surface area contributed by atoms with Crippen molar-refractivity contribution in [3.63, 3.8) is 0 Å². The van der Waals surface area contributed by atoms with E-state index < -0.39 is 16.0 Å². The molecule has 2 fully saturated rings. The molecule has 0 unspecified atom stereocenters. The minimum Gasteiger partial charge on any atom is -0.480 e. The number of carbonyl (C=O) groups excluding carboxylic acids is 1. The summed E-state index contributed by atoms with van der Waals surface area (Å²) in [5, 5.41) is 11.8. The molecule has 10 heteroatoms. The van der Waals surface area contributed by atoms with Crippen molar-refractivity contribution < 1.29 is 27.9 Å². The number of fused-ring (bicyclic) bond motifs is 2. The zero-order valence-electron chi connectivity index (χ0n) is 17.7. The number of aromatic nitrogens is 1. The number of nitrogens with zero attached hydrogens (tertiary/aromatic N) is 1. The Labute approximate surface area is 191 Å². The van der Waals surface area contributed by atoms with Gasteiger partial charge in [0.1, 0.15) is 10.8 Å². The Balaban J connectivity index is 1.35. The number of amides is 1. The van der Waals surface area contributed by atoms with Crippen LogP contribution in [0.3, 0.4) is 0 Å². The van der Waals surface area contributed by atoms with E-state index in [2.05, 4.69) is 5.32 Å². The second kappa shape index (κ2) is 9.76. The number of carboxylic acid groups (broad SMARTS) is 1. The van der Waals surface area contributed by atoms with Crippen LogP contribution < -0.4 is 5.32 Å². The minimum atomic E-state index is -3.67. The van der Waals surface area contributed by atoms with Crippen LogP contribution in [0.4, 0.5) is 0 Å². The van der Waals surface area contributed by atoms with Crippen LogP contribution >= 0.6 is 11.3 Å². The van der Waals surface area contributed by atoms with E-state index in [9.17, 15) is 18.0 Å². The molecule has 0 saturated heterocycles. The summed E-state index contributed by atoms with van der Waals surface area (Å²) in [4.78, 5) is 23.9. The molecule has 2 aliphatic carbocycles. The summed E-state index contributed by atoms with van der Waals surface area (Å²) in [6.45, 7) is 0.160. The zero-order chi connectivity index (χ0) is 22.7. The fourth-order valence-corrected chi connectivity index (χ4v) is 7.68. The Bertz CT molecular complexity index is 1050. The van der Waals surface area contributed by atoms with E-state index in [0.29, 0.717) is 29.2 Å². The van der Waals surface area contributed by atoms with E-state index in [1.165, 1.54) is 24.9 Å². The van der Waals surface area contributed by atoms with Crippen molar-refractivity contribution in [2.24, 2.45) is 17.8 Å². The second-order valence-corrected chi connectivity index (χ2v) is 11.7. The molecule has 2 aliphatic rings. The number of nitrogens with one attached hydrogen (secondary N) is 1. The summed E-state index contributed by atoms with van der Waals surface area (Å²) in [7, 11) is -3.67. The molecule has 0 spiro atoms. The number of rotatable bonds is 11. The van der Waals surface area contributed by atoms with Gasteiger partial charge in [0.2, 0.25) is 0 Å². The van der Waals surface area contributed by atoms with E-state index in [1.807, 2.05) is 0 Å². The Morgan fingerprint density at radius 1 is 1.16 bits per heavy atom. The number of hydrogen-bond donors (Lipinski definition) is 2. The zero-order valence-corrected chi connectivity index (χ0v) is 19.3. The van der Waals surface area contributed by atoms with Crippen LogP contribution in [0.15, 0.2) is 40.9 Å². The Hall–Kier alpha value is -2.17. The third-order valence-electron chi connectivity index (χ3n) is 6.60. The molecule has 2 N–H and O–H groups in total. The summed E-state index contributed by atoms with van der Waals surface area (Å²) in [5.41, 5.74) is 0. The van der Waals surface area contributed by atoms with Gasteiger partial charge in [-0.2, -0.15) is 8.42 Å². The average Bonchev–Trinajstić information content (AvgIpc) is 3.55. The molecule has 8 nitrogen and oxygen atoms in total. The van der Waals surface area contributed by atoms with Crippen LogP contribution in [-0.2, 0) is 19.6 Å². The molecule has 0 aromatic carbocycles. The number of carbonyl (C=O) groups is 2. The maximum absolute atomic E-state index is 13.0. The van der Waals surface area contributed by atoms with Crippen molar-refractivity contribution in [3.05, 3.63) is 41.5 Å². The second-order valence-electron chi connectivity index (χ2n) is 8.58. The monoisotopic (exact) mass is 480 g/mol. The maximum Gasteiger partial charge on any atom is 0.329 e. The number of aliphatic carboxylic acids is 1. The lowest BCUT2D eigenvalue weighted by Gasteiger charge is -2.31. The lowest BCUT2D eigenvalue weighted by molar-refractivity contribution is -0.142. The van der Waals surface area contributed by atoms with Gasteiger partial charge in [-0.1, -0.05) is 6.42 Å². The third-order valence-corrected chi connectivity index (χ3v) is 9.81. The number of ether oxygens (including phenoxy) is 1. The Morgan fingerprint density at radius 3 is 2.66 bits per heavy atom. The van der Waals surface area contributed by atoms with E-state index >= 15 is 0 Å². The average molecular weight is 481 g/mol. The highest BCUT2D eigenvalue weighted by molar-refractivity contribution is 7.92. The van der Waals surface area contributed by atoms with Crippen LogP contribution in [0.1, 0.15) is 48.2 Å². The predicted octanol–water partition coefficient (Wildman–Crippen LogP) is 3.20. The lowest BCUT2D eigenvalue weighted by atomic mass is 9.81. The molecule has 2 aromatic heterocycles. The highest BCUT2D eigenvalue weighted by Crippen LogP contribution is 2.50. The van der Waals surface area contributed by atoms with Crippen LogP contribution in [0, 0.1) is 17.8 Å².